The summed E-state index contributed by atoms with van der Waals surface area (Å²) < 4.78 is 9.91. The Morgan fingerprint density at radius 2 is 1.94 bits per heavy atom. The highest BCUT2D eigenvalue weighted by Gasteiger charge is 2.21. The molecule has 0 aliphatic rings. The van der Waals surface area contributed by atoms with Crippen molar-refractivity contribution >= 4 is 11.8 Å². The molecule has 0 radical (unpaired) electrons. The van der Waals surface area contributed by atoms with Crippen molar-refractivity contribution in [3.63, 3.8) is 0 Å². The van der Waals surface area contributed by atoms with E-state index >= 15 is 0 Å². The second kappa shape index (κ2) is 5.13. The van der Waals surface area contributed by atoms with Gasteiger partial charge in [0.05, 0.1) is 25.2 Å². The van der Waals surface area contributed by atoms with Gasteiger partial charge in [0.15, 0.2) is 0 Å². The van der Waals surface area contributed by atoms with Crippen LogP contribution in [0, 0.1) is 11.3 Å². The third-order valence-corrected chi connectivity index (χ3v) is 3.15. The SMILES string of the molecule is COc1ccc(OC)c(SC(C)(C)C#N)c1. The number of nitriles is 1. The molecule has 0 bridgehead atoms. The van der Waals surface area contributed by atoms with Gasteiger partial charge >= 0.3 is 0 Å². The van der Waals surface area contributed by atoms with Gasteiger partial charge in [0.1, 0.15) is 16.2 Å². The molecule has 4 heteroatoms. The molecule has 0 saturated carbocycles. The van der Waals surface area contributed by atoms with E-state index in [1.54, 1.807) is 14.2 Å². The van der Waals surface area contributed by atoms with Crippen LogP contribution in [0.1, 0.15) is 13.8 Å². The summed E-state index contributed by atoms with van der Waals surface area (Å²) in [4.78, 5) is 0.911. The van der Waals surface area contributed by atoms with Gasteiger partial charge in [0.2, 0.25) is 0 Å². The fourth-order valence-electron chi connectivity index (χ4n) is 1.16. The monoisotopic (exact) mass is 237 g/mol. The van der Waals surface area contributed by atoms with Gasteiger partial charge in [-0.05, 0) is 32.0 Å². The number of nitrogens with zero attached hydrogens (tertiary/aromatic N) is 1. The summed E-state index contributed by atoms with van der Waals surface area (Å²) in [5.74, 6) is 1.52. The number of thioether (sulfide) groups is 1. The Balaban J connectivity index is 3.06. The largest absolute Gasteiger partial charge is 0.497 e. The van der Waals surface area contributed by atoms with Crippen LogP contribution in [0.5, 0.6) is 11.5 Å². The van der Waals surface area contributed by atoms with Crippen LogP contribution in [0.3, 0.4) is 0 Å². The molecule has 86 valence electrons. The summed E-state index contributed by atoms with van der Waals surface area (Å²) in [6, 6.07) is 7.80. The van der Waals surface area contributed by atoms with Gasteiger partial charge in [-0.2, -0.15) is 5.26 Å². The number of benzene rings is 1. The van der Waals surface area contributed by atoms with Crippen molar-refractivity contribution in [2.45, 2.75) is 23.5 Å². The average Bonchev–Trinajstić information content (AvgIpc) is 2.28. The second-order valence-corrected chi connectivity index (χ2v) is 5.41. The van der Waals surface area contributed by atoms with Crippen LogP contribution in [0.15, 0.2) is 23.1 Å². The first-order chi connectivity index (χ1) is 7.52. The minimum atomic E-state index is -0.486. The third kappa shape index (κ3) is 3.07. The Hall–Kier alpha value is -1.34. The predicted molar refractivity (Wildman–Crippen MR) is 65.1 cm³/mol. The maximum absolute atomic E-state index is 9.00. The fourth-order valence-corrected chi connectivity index (χ4v) is 2.18. The van der Waals surface area contributed by atoms with Crippen molar-refractivity contribution in [1.82, 2.24) is 0 Å². The standard InChI is InChI=1S/C12H15NO2S/c1-12(2,8-13)16-11-7-9(14-3)5-6-10(11)15-4/h5-7H,1-4H3. The summed E-state index contributed by atoms with van der Waals surface area (Å²) in [6.07, 6.45) is 0. The molecule has 0 aliphatic carbocycles. The molecule has 3 nitrogen and oxygen atoms in total. The summed E-state index contributed by atoms with van der Waals surface area (Å²) in [5.41, 5.74) is 0. The van der Waals surface area contributed by atoms with Crippen LogP contribution in [-0.4, -0.2) is 19.0 Å². The van der Waals surface area contributed by atoms with Crippen LogP contribution in [0.4, 0.5) is 0 Å². The lowest BCUT2D eigenvalue weighted by atomic mass is 10.2. The first-order valence-electron chi connectivity index (χ1n) is 4.84. The fraction of sp³-hybridized carbons (Fsp3) is 0.417. The molecular weight excluding hydrogens is 222 g/mol. The van der Waals surface area contributed by atoms with E-state index in [4.69, 9.17) is 14.7 Å². The maximum atomic E-state index is 9.00. The zero-order valence-corrected chi connectivity index (χ0v) is 10.7. The highest BCUT2D eigenvalue weighted by Crippen LogP contribution is 2.39. The average molecular weight is 237 g/mol. The van der Waals surface area contributed by atoms with Crippen LogP contribution in [0.25, 0.3) is 0 Å². The van der Waals surface area contributed by atoms with Gasteiger partial charge < -0.3 is 9.47 Å². The van der Waals surface area contributed by atoms with Gasteiger partial charge in [-0.15, -0.1) is 11.8 Å². The highest BCUT2D eigenvalue weighted by atomic mass is 32.2. The topological polar surface area (TPSA) is 42.2 Å². The van der Waals surface area contributed by atoms with E-state index < -0.39 is 4.75 Å². The summed E-state index contributed by atoms with van der Waals surface area (Å²) >= 11 is 1.46. The van der Waals surface area contributed by atoms with E-state index in [-0.39, 0.29) is 0 Å². The third-order valence-electron chi connectivity index (χ3n) is 2.01. The molecule has 1 aromatic rings. The van der Waals surface area contributed by atoms with E-state index in [0.717, 1.165) is 16.4 Å². The number of hydrogen-bond donors (Lipinski definition) is 0. The second-order valence-electron chi connectivity index (χ2n) is 3.74. The molecule has 0 saturated heterocycles. The van der Waals surface area contributed by atoms with Gasteiger partial charge in [-0.3, -0.25) is 0 Å². The molecule has 0 aliphatic heterocycles. The molecule has 1 aromatic carbocycles. The minimum absolute atomic E-state index is 0.486. The molecule has 0 amide bonds. The molecule has 0 aromatic heterocycles. The van der Waals surface area contributed by atoms with E-state index in [1.807, 2.05) is 32.0 Å². The van der Waals surface area contributed by atoms with E-state index in [2.05, 4.69) is 6.07 Å². The van der Waals surface area contributed by atoms with Gasteiger partial charge in [-0.25, -0.2) is 0 Å². The summed E-state index contributed by atoms with van der Waals surface area (Å²) in [7, 11) is 3.23. The Labute approximate surface area is 100 Å². The van der Waals surface area contributed by atoms with Crippen LogP contribution in [-0.2, 0) is 0 Å². The predicted octanol–water partition coefficient (Wildman–Crippen LogP) is 3.10. The quantitative estimate of drug-likeness (QED) is 0.755. The van der Waals surface area contributed by atoms with E-state index in [9.17, 15) is 0 Å². The number of hydrogen-bond acceptors (Lipinski definition) is 4. The lowest BCUT2D eigenvalue weighted by molar-refractivity contribution is 0.394. The Kier molecular flexibility index (Phi) is 4.08. The normalized spacial score (nSPS) is 10.7. The van der Waals surface area contributed by atoms with Crippen LogP contribution >= 0.6 is 11.8 Å². The number of rotatable bonds is 4. The molecule has 1 rings (SSSR count). The lowest BCUT2D eigenvalue weighted by Crippen LogP contribution is -2.10. The van der Waals surface area contributed by atoms with Crippen molar-refractivity contribution in [3.05, 3.63) is 18.2 Å². The zero-order valence-electron chi connectivity index (χ0n) is 9.90. The first kappa shape index (κ1) is 12.7. The van der Waals surface area contributed by atoms with Crippen LogP contribution in [0.2, 0.25) is 0 Å². The number of methoxy groups -OCH3 is 2. The van der Waals surface area contributed by atoms with Crippen LogP contribution < -0.4 is 9.47 Å². The molecule has 0 spiro atoms. The molecule has 0 atom stereocenters. The van der Waals surface area contributed by atoms with Crippen molar-refractivity contribution in [1.29, 1.82) is 5.26 Å². The Bertz CT molecular complexity index is 410. The van der Waals surface area contributed by atoms with Gasteiger partial charge in [-0.1, -0.05) is 0 Å². The molecular formula is C12H15NO2S. The highest BCUT2D eigenvalue weighted by molar-refractivity contribution is 8.01. The number of ether oxygens (including phenoxy) is 2. The van der Waals surface area contributed by atoms with E-state index in [0.29, 0.717) is 0 Å². The molecule has 0 heterocycles. The van der Waals surface area contributed by atoms with Crippen molar-refractivity contribution in [2.75, 3.05) is 14.2 Å². The minimum Gasteiger partial charge on any atom is -0.497 e. The van der Waals surface area contributed by atoms with Crippen molar-refractivity contribution in [2.24, 2.45) is 0 Å². The van der Waals surface area contributed by atoms with Crippen molar-refractivity contribution < 1.29 is 9.47 Å². The molecule has 16 heavy (non-hydrogen) atoms. The Morgan fingerprint density at radius 1 is 1.25 bits per heavy atom. The smallest absolute Gasteiger partial charge is 0.132 e. The summed E-state index contributed by atoms with van der Waals surface area (Å²) in [5, 5.41) is 9.00. The van der Waals surface area contributed by atoms with E-state index in [1.165, 1.54) is 11.8 Å². The van der Waals surface area contributed by atoms with Crippen molar-refractivity contribution in [3.8, 4) is 17.6 Å². The van der Waals surface area contributed by atoms with Gasteiger partial charge in [0, 0.05) is 0 Å². The molecule has 0 N–H and O–H groups in total. The molecule has 0 fully saturated rings. The Morgan fingerprint density at radius 3 is 2.44 bits per heavy atom. The first-order valence-corrected chi connectivity index (χ1v) is 5.66. The lowest BCUT2D eigenvalue weighted by Gasteiger charge is -2.17. The zero-order chi connectivity index (χ0) is 12.2. The molecule has 0 unspecified atom stereocenters. The van der Waals surface area contributed by atoms with Gasteiger partial charge in [0.25, 0.3) is 0 Å². The summed E-state index contributed by atoms with van der Waals surface area (Å²) in [6.45, 7) is 3.74. The maximum Gasteiger partial charge on any atom is 0.132 e.